The zero-order valence-electron chi connectivity index (χ0n) is 15.9. The van der Waals surface area contributed by atoms with Crippen molar-refractivity contribution in [2.24, 2.45) is 0 Å². The van der Waals surface area contributed by atoms with Crippen molar-refractivity contribution >= 4 is 70.6 Å². The van der Waals surface area contributed by atoms with E-state index in [1.807, 2.05) is 19.1 Å². The van der Waals surface area contributed by atoms with E-state index in [0.29, 0.717) is 14.9 Å². The van der Waals surface area contributed by atoms with Gasteiger partial charge in [0.15, 0.2) is 0 Å². The Hall–Kier alpha value is -1.53. The molecule has 1 heterocycles. The van der Waals surface area contributed by atoms with E-state index in [1.54, 1.807) is 25.1 Å². The highest BCUT2D eigenvalue weighted by Gasteiger charge is 2.31. The number of aromatic carboxylic acids is 1. The van der Waals surface area contributed by atoms with Crippen LogP contribution in [0.25, 0.3) is 10.4 Å². The number of rotatable bonds is 7. The van der Waals surface area contributed by atoms with Gasteiger partial charge in [-0.2, -0.15) is 0 Å². The Kier molecular flexibility index (Phi) is 7.18. The summed E-state index contributed by atoms with van der Waals surface area (Å²) in [5.41, 5.74) is 1.83. The third-order valence-corrected chi connectivity index (χ3v) is 8.63. The van der Waals surface area contributed by atoms with Crippen LogP contribution in [0.4, 0.5) is 5.69 Å². The average molecular weight is 505 g/mol. The van der Waals surface area contributed by atoms with Gasteiger partial charge in [-0.1, -0.05) is 46.9 Å². The third-order valence-electron chi connectivity index (χ3n) is 4.19. The van der Waals surface area contributed by atoms with Crippen LogP contribution < -0.4 is 10.4 Å². The number of benzene rings is 2. The van der Waals surface area contributed by atoms with Crippen molar-refractivity contribution in [2.75, 3.05) is 11.7 Å². The highest BCUT2D eigenvalue weighted by atomic mass is 35.5. The maximum Gasteiger partial charge on any atom is 0.348 e. The maximum absolute atomic E-state index is 13.7. The standard InChI is InChI=1S/C20H17Cl3NO4PS/c1-3-28-29(27,17-7-6-13(21)9-15(17)23)24-16-10-18(30-19(16)20(25)26)12-5-4-11(2)14(22)8-12/h4-10H,3H2,1-2H3,(H,24,27)(H,25,26). The van der Waals surface area contributed by atoms with Crippen molar-refractivity contribution < 1.29 is 19.0 Å². The Bertz CT molecular complexity index is 1160. The van der Waals surface area contributed by atoms with E-state index in [-0.39, 0.29) is 27.5 Å². The van der Waals surface area contributed by atoms with Crippen molar-refractivity contribution in [3.8, 4) is 10.4 Å². The molecular formula is C20H17Cl3NO4PS. The van der Waals surface area contributed by atoms with Gasteiger partial charge in [0.05, 0.1) is 22.6 Å². The van der Waals surface area contributed by atoms with Crippen molar-refractivity contribution in [3.05, 3.63) is 68.0 Å². The summed E-state index contributed by atoms with van der Waals surface area (Å²) in [6, 6.07) is 11.6. The van der Waals surface area contributed by atoms with E-state index in [9.17, 15) is 14.5 Å². The lowest BCUT2D eigenvalue weighted by Gasteiger charge is -2.21. The molecule has 2 aromatic carbocycles. The molecule has 0 aliphatic carbocycles. The van der Waals surface area contributed by atoms with Gasteiger partial charge in [0.2, 0.25) is 0 Å². The largest absolute Gasteiger partial charge is 0.477 e. The number of hydrogen-bond acceptors (Lipinski definition) is 4. The quantitative estimate of drug-likeness (QED) is 0.329. The molecule has 0 aliphatic rings. The lowest BCUT2D eigenvalue weighted by atomic mass is 10.1. The number of carboxylic acid groups (broad SMARTS) is 1. The Labute approximate surface area is 193 Å². The minimum absolute atomic E-state index is 0.00767. The van der Waals surface area contributed by atoms with Crippen LogP contribution in [0.15, 0.2) is 42.5 Å². The summed E-state index contributed by atoms with van der Waals surface area (Å²) in [6.45, 7) is 3.68. The minimum Gasteiger partial charge on any atom is -0.477 e. The molecule has 0 amide bonds. The number of nitrogens with one attached hydrogen (secondary N) is 1. The Morgan fingerprint density at radius 2 is 1.87 bits per heavy atom. The minimum atomic E-state index is -3.74. The Balaban J connectivity index is 2.08. The fourth-order valence-electron chi connectivity index (χ4n) is 2.74. The van der Waals surface area contributed by atoms with Crippen molar-refractivity contribution in [1.29, 1.82) is 0 Å². The first-order valence-corrected chi connectivity index (χ1v) is 12.3. The van der Waals surface area contributed by atoms with Crippen LogP contribution in [0.5, 0.6) is 0 Å². The van der Waals surface area contributed by atoms with Gasteiger partial charge < -0.3 is 14.7 Å². The molecule has 0 fully saturated rings. The lowest BCUT2D eigenvalue weighted by molar-refractivity contribution is 0.0703. The predicted octanol–water partition coefficient (Wildman–Crippen LogP) is 7.35. The second kappa shape index (κ2) is 9.31. The first kappa shape index (κ1) is 23.1. The molecule has 5 nitrogen and oxygen atoms in total. The number of hydrogen-bond donors (Lipinski definition) is 2. The summed E-state index contributed by atoms with van der Waals surface area (Å²) >= 11 is 19.4. The van der Waals surface area contributed by atoms with Gasteiger partial charge in [-0.15, -0.1) is 11.3 Å². The van der Waals surface area contributed by atoms with Gasteiger partial charge in [-0.05, 0) is 55.3 Å². The topological polar surface area (TPSA) is 75.6 Å². The molecule has 0 aliphatic heterocycles. The summed E-state index contributed by atoms with van der Waals surface area (Å²) in [5.74, 6) is -1.16. The second-order valence-electron chi connectivity index (χ2n) is 6.30. The van der Waals surface area contributed by atoms with Gasteiger partial charge in [0.1, 0.15) is 4.88 Å². The molecule has 1 aromatic heterocycles. The second-order valence-corrected chi connectivity index (χ2v) is 10.7. The van der Waals surface area contributed by atoms with Crippen LogP contribution in [0, 0.1) is 6.92 Å². The summed E-state index contributed by atoms with van der Waals surface area (Å²) in [6.07, 6.45) is 0. The zero-order chi connectivity index (χ0) is 22.1. The van der Waals surface area contributed by atoms with E-state index in [0.717, 1.165) is 22.5 Å². The van der Waals surface area contributed by atoms with Crippen LogP contribution in [-0.4, -0.2) is 17.7 Å². The van der Waals surface area contributed by atoms with Gasteiger partial charge in [0.25, 0.3) is 0 Å². The van der Waals surface area contributed by atoms with Crippen LogP contribution in [0.1, 0.15) is 22.2 Å². The molecule has 1 unspecified atom stereocenters. The number of carboxylic acids is 1. The van der Waals surface area contributed by atoms with E-state index in [4.69, 9.17) is 39.3 Å². The number of anilines is 1. The molecule has 30 heavy (non-hydrogen) atoms. The van der Waals surface area contributed by atoms with Crippen LogP contribution in [0.3, 0.4) is 0 Å². The molecule has 0 saturated heterocycles. The first-order valence-electron chi connectivity index (χ1n) is 8.76. The molecule has 3 aromatic rings. The molecule has 0 spiro atoms. The van der Waals surface area contributed by atoms with Crippen LogP contribution >= 0.6 is 53.7 Å². The molecule has 0 radical (unpaired) electrons. The average Bonchev–Trinajstić information content (AvgIpc) is 3.07. The van der Waals surface area contributed by atoms with E-state index < -0.39 is 13.5 Å². The first-order chi connectivity index (χ1) is 14.1. The zero-order valence-corrected chi connectivity index (χ0v) is 19.9. The number of carbonyl (C=O) groups is 1. The van der Waals surface area contributed by atoms with Crippen LogP contribution in [0.2, 0.25) is 15.1 Å². The molecule has 1 atom stereocenters. The molecule has 158 valence electrons. The smallest absolute Gasteiger partial charge is 0.348 e. The van der Waals surface area contributed by atoms with Crippen molar-refractivity contribution in [1.82, 2.24) is 0 Å². The number of halogens is 3. The van der Waals surface area contributed by atoms with Gasteiger partial charge in [-0.3, -0.25) is 4.57 Å². The molecular weight excluding hydrogens is 488 g/mol. The number of aryl methyl sites for hydroxylation is 1. The molecule has 0 saturated carbocycles. The normalized spacial score (nSPS) is 13.1. The van der Waals surface area contributed by atoms with Gasteiger partial charge in [0, 0.05) is 14.9 Å². The summed E-state index contributed by atoms with van der Waals surface area (Å²) in [5, 5.41) is 13.8. The predicted molar refractivity (Wildman–Crippen MR) is 125 cm³/mol. The highest BCUT2D eigenvalue weighted by molar-refractivity contribution is 7.68. The fourth-order valence-corrected chi connectivity index (χ4v) is 6.49. The SMILES string of the molecule is CCOP(=O)(Nc1cc(-c2ccc(C)c(Cl)c2)sc1C(=O)O)c1ccc(Cl)cc1Cl. The van der Waals surface area contributed by atoms with Crippen LogP contribution in [-0.2, 0) is 9.09 Å². The highest BCUT2D eigenvalue weighted by Crippen LogP contribution is 2.50. The van der Waals surface area contributed by atoms with Gasteiger partial charge in [-0.25, -0.2) is 4.79 Å². The van der Waals surface area contributed by atoms with Crippen molar-refractivity contribution in [2.45, 2.75) is 13.8 Å². The maximum atomic E-state index is 13.7. The van der Waals surface area contributed by atoms with Gasteiger partial charge >= 0.3 is 13.5 Å². The van der Waals surface area contributed by atoms with E-state index in [1.165, 1.54) is 12.1 Å². The summed E-state index contributed by atoms with van der Waals surface area (Å²) in [4.78, 5) is 12.5. The Morgan fingerprint density at radius 3 is 2.47 bits per heavy atom. The summed E-state index contributed by atoms with van der Waals surface area (Å²) in [7, 11) is -3.74. The Morgan fingerprint density at radius 1 is 1.13 bits per heavy atom. The van der Waals surface area contributed by atoms with E-state index in [2.05, 4.69) is 5.09 Å². The molecule has 2 N–H and O–H groups in total. The number of thiophene rings is 1. The van der Waals surface area contributed by atoms with Crippen molar-refractivity contribution in [3.63, 3.8) is 0 Å². The summed E-state index contributed by atoms with van der Waals surface area (Å²) < 4.78 is 19.2. The third kappa shape index (κ3) is 4.86. The molecule has 10 heteroatoms. The monoisotopic (exact) mass is 503 g/mol. The molecule has 0 bridgehead atoms. The van der Waals surface area contributed by atoms with E-state index >= 15 is 0 Å². The molecule has 3 rings (SSSR count). The lowest BCUT2D eigenvalue weighted by Crippen LogP contribution is -2.16. The fraction of sp³-hybridized carbons (Fsp3) is 0.150.